The Morgan fingerprint density at radius 1 is 1.33 bits per heavy atom. The molecule has 0 spiro atoms. The predicted molar refractivity (Wildman–Crippen MR) is 101 cm³/mol. The molecular formula is C19H26N2O9. The van der Waals surface area contributed by atoms with Crippen molar-refractivity contribution >= 4 is 17.8 Å². The maximum absolute atomic E-state index is 12.8. The van der Waals surface area contributed by atoms with E-state index in [2.05, 4.69) is 10.3 Å². The molecule has 3 atom stereocenters. The molecule has 1 N–H and O–H groups in total. The molecule has 30 heavy (non-hydrogen) atoms. The lowest BCUT2D eigenvalue weighted by atomic mass is 10.1. The number of methoxy groups -OCH3 is 2. The fraction of sp³-hybridized carbons (Fsp3) is 0.579. The number of carbonyl (C=O) groups is 3. The topological polar surface area (TPSA) is 132 Å². The van der Waals surface area contributed by atoms with Crippen molar-refractivity contribution in [3.63, 3.8) is 0 Å². The van der Waals surface area contributed by atoms with E-state index in [0.29, 0.717) is 13.0 Å². The van der Waals surface area contributed by atoms with Gasteiger partial charge >= 0.3 is 11.9 Å². The molecule has 0 saturated carbocycles. The van der Waals surface area contributed by atoms with Crippen LogP contribution in [0.4, 0.5) is 0 Å². The highest BCUT2D eigenvalue weighted by Crippen LogP contribution is 2.29. The molecule has 0 radical (unpaired) electrons. The highest BCUT2D eigenvalue weighted by molar-refractivity contribution is 5.98. The van der Waals surface area contributed by atoms with Crippen LogP contribution in [-0.4, -0.2) is 75.3 Å². The standard InChI is InChI=1S/C19H26N2O9/c1-11-14(25-3)6-8-27-9-13(19(24)30-11)21-18(23)16-17(29-10-28-12(2)22)15(26-4)5-7-20-16/h5,7,11,13-14H,6,8-10H2,1-4H3,(H,21,23)/t11-,13-,14+/m0/s1. The van der Waals surface area contributed by atoms with E-state index in [1.807, 2.05) is 0 Å². The van der Waals surface area contributed by atoms with Gasteiger partial charge in [0.1, 0.15) is 6.10 Å². The maximum atomic E-state index is 12.8. The highest BCUT2D eigenvalue weighted by Gasteiger charge is 2.31. The summed E-state index contributed by atoms with van der Waals surface area (Å²) >= 11 is 0. The van der Waals surface area contributed by atoms with E-state index >= 15 is 0 Å². The van der Waals surface area contributed by atoms with Gasteiger partial charge in [-0.1, -0.05) is 0 Å². The minimum absolute atomic E-state index is 0.0380. The first-order valence-corrected chi connectivity index (χ1v) is 9.28. The van der Waals surface area contributed by atoms with Crippen LogP contribution in [0.15, 0.2) is 12.3 Å². The van der Waals surface area contributed by atoms with Crippen molar-refractivity contribution in [1.29, 1.82) is 0 Å². The average molecular weight is 426 g/mol. The summed E-state index contributed by atoms with van der Waals surface area (Å²) in [6.45, 7) is 2.74. The number of nitrogens with zero attached hydrogens (tertiary/aromatic N) is 1. The number of rotatable bonds is 7. The Kier molecular flexibility index (Phi) is 8.81. The number of pyridine rings is 1. The summed E-state index contributed by atoms with van der Waals surface area (Å²) in [5.41, 5.74) is -0.156. The van der Waals surface area contributed by atoms with Crippen molar-refractivity contribution in [3.8, 4) is 11.5 Å². The zero-order valence-corrected chi connectivity index (χ0v) is 17.3. The molecule has 11 nitrogen and oxygen atoms in total. The fourth-order valence-corrected chi connectivity index (χ4v) is 2.75. The number of hydrogen-bond acceptors (Lipinski definition) is 10. The Morgan fingerprint density at radius 2 is 2.10 bits per heavy atom. The van der Waals surface area contributed by atoms with E-state index in [1.54, 1.807) is 6.92 Å². The number of amides is 1. The molecule has 1 aromatic rings. The molecule has 0 bridgehead atoms. The SMILES string of the molecule is COc1ccnc(C(=O)N[C@H]2COCC[C@@H](OC)[C@H](C)OC2=O)c1OCOC(C)=O. The Balaban J connectivity index is 2.17. The number of nitrogens with one attached hydrogen (secondary N) is 1. The van der Waals surface area contributed by atoms with Crippen molar-refractivity contribution in [2.24, 2.45) is 0 Å². The quantitative estimate of drug-likeness (QED) is 0.484. The zero-order chi connectivity index (χ0) is 22.1. The van der Waals surface area contributed by atoms with Crippen LogP contribution in [0.1, 0.15) is 30.8 Å². The van der Waals surface area contributed by atoms with E-state index in [4.69, 9.17) is 28.4 Å². The lowest BCUT2D eigenvalue weighted by molar-refractivity contribution is -0.157. The predicted octanol–water partition coefficient (Wildman–Crippen LogP) is 0.455. The van der Waals surface area contributed by atoms with Crippen molar-refractivity contribution in [2.75, 3.05) is 34.2 Å². The Labute approximate surface area is 173 Å². The molecule has 11 heteroatoms. The van der Waals surface area contributed by atoms with Gasteiger partial charge in [-0.25, -0.2) is 9.78 Å². The van der Waals surface area contributed by atoms with Gasteiger partial charge in [0, 0.05) is 39.3 Å². The fourth-order valence-electron chi connectivity index (χ4n) is 2.75. The summed E-state index contributed by atoms with van der Waals surface area (Å²) in [7, 11) is 2.91. The normalized spacial score (nSPS) is 22.0. The van der Waals surface area contributed by atoms with Gasteiger partial charge in [0.2, 0.25) is 6.79 Å². The van der Waals surface area contributed by atoms with E-state index in [1.165, 1.54) is 33.4 Å². The summed E-state index contributed by atoms with van der Waals surface area (Å²) in [6, 6.07) is 0.411. The highest BCUT2D eigenvalue weighted by atomic mass is 16.7. The Hall–Kier alpha value is -2.92. The van der Waals surface area contributed by atoms with E-state index in [-0.39, 0.29) is 29.9 Å². The van der Waals surface area contributed by atoms with Gasteiger partial charge in [0.15, 0.2) is 23.2 Å². The number of aromatic nitrogens is 1. The van der Waals surface area contributed by atoms with Crippen molar-refractivity contribution in [1.82, 2.24) is 10.3 Å². The smallest absolute Gasteiger partial charge is 0.331 e. The van der Waals surface area contributed by atoms with Gasteiger partial charge in [0.25, 0.3) is 5.91 Å². The van der Waals surface area contributed by atoms with Crippen LogP contribution >= 0.6 is 0 Å². The number of ether oxygens (including phenoxy) is 6. The summed E-state index contributed by atoms with van der Waals surface area (Å²) in [6.07, 6.45) is 1.05. The van der Waals surface area contributed by atoms with Crippen molar-refractivity contribution in [2.45, 2.75) is 38.5 Å². The second-order valence-corrected chi connectivity index (χ2v) is 6.39. The first-order chi connectivity index (χ1) is 14.4. The number of esters is 2. The summed E-state index contributed by atoms with van der Waals surface area (Å²) in [5.74, 6) is -1.77. The van der Waals surface area contributed by atoms with Crippen LogP contribution in [0, 0.1) is 0 Å². The maximum Gasteiger partial charge on any atom is 0.331 e. The zero-order valence-electron chi connectivity index (χ0n) is 17.3. The van der Waals surface area contributed by atoms with Crippen molar-refractivity contribution in [3.05, 3.63) is 18.0 Å². The monoisotopic (exact) mass is 426 g/mol. The van der Waals surface area contributed by atoms with Crippen LogP contribution < -0.4 is 14.8 Å². The van der Waals surface area contributed by atoms with Crippen LogP contribution in [0.3, 0.4) is 0 Å². The second kappa shape index (κ2) is 11.3. The molecule has 1 aromatic heterocycles. The average Bonchev–Trinajstić information content (AvgIpc) is 2.77. The Morgan fingerprint density at radius 3 is 2.77 bits per heavy atom. The minimum atomic E-state index is -1.06. The molecule has 0 aliphatic carbocycles. The molecule has 0 unspecified atom stereocenters. The summed E-state index contributed by atoms with van der Waals surface area (Å²) in [5, 5.41) is 2.54. The number of carbonyl (C=O) groups excluding carboxylic acids is 3. The van der Waals surface area contributed by atoms with E-state index in [9.17, 15) is 14.4 Å². The molecule has 1 aliphatic rings. The van der Waals surface area contributed by atoms with Gasteiger partial charge in [0.05, 0.1) is 19.8 Å². The molecule has 166 valence electrons. The molecular weight excluding hydrogens is 400 g/mol. The van der Waals surface area contributed by atoms with Crippen LogP contribution in [0.25, 0.3) is 0 Å². The van der Waals surface area contributed by atoms with Gasteiger partial charge < -0.3 is 33.7 Å². The molecule has 1 aliphatic heterocycles. The second-order valence-electron chi connectivity index (χ2n) is 6.39. The number of cyclic esters (lactones) is 1. The third-order valence-corrected chi connectivity index (χ3v) is 4.32. The van der Waals surface area contributed by atoms with E-state index in [0.717, 1.165) is 0 Å². The van der Waals surface area contributed by atoms with Crippen molar-refractivity contribution < 1.29 is 42.8 Å². The van der Waals surface area contributed by atoms with Crippen LogP contribution in [-0.2, 0) is 28.5 Å². The molecule has 2 rings (SSSR count). The van der Waals surface area contributed by atoms with Crippen LogP contribution in [0.2, 0.25) is 0 Å². The van der Waals surface area contributed by atoms with E-state index < -0.39 is 36.8 Å². The molecule has 1 saturated heterocycles. The molecule has 1 amide bonds. The minimum Gasteiger partial charge on any atom is -0.493 e. The largest absolute Gasteiger partial charge is 0.493 e. The van der Waals surface area contributed by atoms with Crippen LogP contribution in [0.5, 0.6) is 11.5 Å². The van der Waals surface area contributed by atoms with Gasteiger partial charge in [-0.15, -0.1) is 0 Å². The first-order valence-electron chi connectivity index (χ1n) is 9.28. The first kappa shape index (κ1) is 23.4. The van der Waals surface area contributed by atoms with Gasteiger partial charge in [-0.05, 0) is 6.92 Å². The molecule has 2 heterocycles. The summed E-state index contributed by atoms with van der Waals surface area (Å²) in [4.78, 5) is 40.3. The Bertz CT molecular complexity index is 756. The lowest BCUT2D eigenvalue weighted by Gasteiger charge is -2.23. The third-order valence-electron chi connectivity index (χ3n) is 4.32. The third kappa shape index (κ3) is 6.29. The number of hydrogen-bond donors (Lipinski definition) is 1. The van der Waals surface area contributed by atoms with Gasteiger partial charge in [-0.2, -0.15) is 0 Å². The lowest BCUT2D eigenvalue weighted by Crippen LogP contribution is -2.46. The summed E-state index contributed by atoms with van der Waals surface area (Å²) < 4.78 is 31.5. The van der Waals surface area contributed by atoms with Gasteiger partial charge in [-0.3, -0.25) is 9.59 Å². The molecule has 1 fully saturated rings. The molecule has 0 aromatic carbocycles.